The molecule has 1 heterocycles. The summed E-state index contributed by atoms with van der Waals surface area (Å²) in [5.41, 5.74) is -2.52. The number of halogens is 4. The van der Waals surface area contributed by atoms with Crippen LogP contribution in [0.25, 0.3) is 10.9 Å². The lowest BCUT2D eigenvalue weighted by atomic mass is 10.1. The lowest BCUT2D eigenvalue weighted by Crippen LogP contribution is -2.12. The molecule has 3 nitrogen and oxygen atoms in total. The van der Waals surface area contributed by atoms with Crippen LogP contribution >= 0.6 is 0 Å². The van der Waals surface area contributed by atoms with Crippen LogP contribution in [-0.4, -0.2) is 10.2 Å². The number of H-pyrrole nitrogens is 1. The molecule has 1 aromatic carbocycles. The predicted octanol–water partition coefficient (Wildman–Crippen LogP) is 2.08. The highest BCUT2D eigenvalue weighted by Crippen LogP contribution is 2.33. The Hall–Kier alpha value is -1.92. The Morgan fingerprint density at radius 1 is 1.25 bits per heavy atom. The van der Waals surface area contributed by atoms with Crippen LogP contribution in [0.5, 0.6) is 0 Å². The van der Waals surface area contributed by atoms with Crippen molar-refractivity contribution in [3.63, 3.8) is 0 Å². The Bertz CT molecular complexity index is 602. The van der Waals surface area contributed by atoms with Gasteiger partial charge in [0.05, 0.1) is 22.7 Å². The first kappa shape index (κ1) is 10.6. The van der Waals surface area contributed by atoms with Crippen molar-refractivity contribution in [3.8, 4) is 0 Å². The lowest BCUT2D eigenvalue weighted by Gasteiger charge is -2.09. The van der Waals surface area contributed by atoms with Gasteiger partial charge in [-0.1, -0.05) is 0 Å². The summed E-state index contributed by atoms with van der Waals surface area (Å²) in [5, 5.41) is 4.94. The number of nitrogens with zero attached hydrogens (tertiary/aromatic N) is 1. The molecule has 16 heavy (non-hydrogen) atoms. The molecule has 0 amide bonds. The van der Waals surface area contributed by atoms with Gasteiger partial charge in [-0.25, -0.2) is 4.39 Å². The number of hydrogen-bond donors (Lipinski definition) is 1. The van der Waals surface area contributed by atoms with E-state index in [-0.39, 0.29) is 5.39 Å². The first-order valence-electron chi connectivity index (χ1n) is 4.14. The van der Waals surface area contributed by atoms with Crippen LogP contribution < -0.4 is 5.43 Å². The molecular weight excluding hydrogens is 228 g/mol. The highest BCUT2D eigenvalue weighted by Gasteiger charge is 2.34. The van der Waals surface area contributed by atoms with Gasteiger partial charge < -0.3 is 0 Å². The molecule has 0 aliphatic heterocycles. The Labute approximate surface area is 85.7 Å². The monoisotopic (exact) mass is 232 g/mol. The van der Waals surface area contributed by atoms with Crippen molar-refractivity contribution in [3.05, 3.63) is 39.9 Å². The zero-order chi connectivity index (χ0) is 11.9. The zero-order valence-corrected chi connectivity index (χ0v) is 7.60. The van der Waals surface area contributed by atoms with E-state index in [9.17, 15) is 22.4 Å². The van der Waals surface area contributed by atoms with Crippen molar-refractivity contribution < 1.29 is 17.6 Å². The van der Waals surface area contributed by atoms with E-state index < -0.39 is 28.5 Å². The Kier molecular flexibility index (Phi) is 2.18. The number of fused-ring (bicyclic) bond motifs is 1. The van der Waals surface area contributed by atoms with Gasteiger partial charge in [0, 0.05) is 0 Å². The molecule has 0 bridgehead atoms. The van der Waals surface area contributed by atoms with Crippen molar-refractivity contribution in [2.45, 2.75) is 6.18 Å². The van der Waals surface area contributed by atoms with Crippen molar-refractivity contribution in [1.82, 2.24) is 10.2 Å². The number of alkyl halides is 3. The second-order valence-electron chi connectivity index (χ2n) is 3.11. The minimum atomic E-state index is -4.74. The average molecular weight is 232 g/mol. The molecule has 1 N–H and O–H groups in total. The zero-order valence-electron chi connectivity index (χ0n) is 7.60. The number of hydrogen-bond acceptors (Lipinski definition) is 2. The summed E-state index contributed by atoms with van der Waals surface area (Å²) in [6.07, 6.45) is -3.95. The van der Waals surface area contributed by atoms with E-state index in [0.717, 1.165) is 12.3 Å². The molecule has 2 rings (SSSR count). The van der Waals surface area contributed by atoms with Gasteiger partial charge in [-0.15, -0.1) is 0 Å². The summed E-state index contributed by atoms with van der Waals surface area (Å²) in [6, 6.07) is 1.06. The molecule has 0 aliphatic carbocycles. The van der Waals surface area contributed by atoms with Crippen molar-refractivity contribution in [2.24, 2.45) is 0 Å². The largest absolute Gasteiger partial charge is 0.418 e. The fourth-order valence-corrected chi connectivity index (χ4v) is 1.37. The summed E-state index contributed by atoms with van der Waals surface area (Å²) in [7, 11) is 0. The van der Waals surface area contributed by atoms with Gasteiger partial charge in [-0.2, -0.15) is 18.3 Å². The van der Waals surface area contributed by atoms with Gasteiger partial charge in [0.15, 0.2) is 0 Å². The van der Waals surface area contributed by atoms with Crippen molar-refractivity contribution in [1.29, 1.82) is 0 Å². The van der Waals surface area contributed by atoms with Gasteiger partial charge in [-0.05, 0) is 12.1 Å². The fourth-order valence-electron chi connectivity index (χ4n) is 1.37. The summed E-state index contributed by atoms with van der Waals surface area (Å²) < 4.78 is 50.5. The Morgan fingerprint density at radius 2 is 1.94 bits per heavy atom. The van der Waals surface area contributed by atoms with Gasteiger partial charge in [-0.3, -0.25) is 9.89 Å². The van der Waals surface area contributed by atoms with Crippen molar-refractivity contribution in [2.75, 3.05) is 0 Å². The van der Waals surface area contributed by atoms with Crippen LogP contribution in [0.3, 0.4) is 0 Å². The maximum atomic E-state index is 12.9. The normalized spacial score (nSPS) is 12.0. The quantitative estimate of drug-likeness (QED) is 0.707. The van der Waals surface area contributed by atoms with E-state index in [0.29, 0.717) is 6.07 Å². The second kappa shape index (κ2) is 3.29. The van der Waals surface area contributed by atoms with Crippen LogP contribution in [0, 0.1) is 5.82 Å². The highest BCUT2D eigenvalue weighted by molar-refractivity contribution is 5.81. The maximum Gasteiger partial charge on any atom is 0.418 e. The van der Waals surface area contributed by atoms with Gasteiger partial charge in [0.25, 0.3) is 0 Å². The first-order chi connectivity index (χ1) is 7.39. The molecule has 1 aromatic heterocycles. The predicted molar refractivity (Wildman–Crippen MR) is 47.3 cm³/mol. The van der Waals surface area contributed by atoms with E-state index in [1.807, 2.05) is 0 Å². The third-order valence-electron chi connectivity index (χ3n) is 2.03. The molecule has 0 fully saturated rings. The van der Waals surface area contributed by atoms with Crippen LogP contribution in [0.1, 0.15) is 5.56 Å². The summed E-state index contributed by atoms with van der Waals surface area (Å²) >= 11 is 0. The molecule has 0 radical (unpaired) electrons. The van der Waals surface area contributed by atoms with Gasteiger partial charge in [0.1, 0.15) is 5.82 Å². The molecule has 0 aliphatic rings. The topological polar surface area (TPSA) is 45.8 Å². The van der Waals surface area contributed by atoms with Crippen LogP contribution in [0.2, 0.25) is 0 Å². The standard InChI is InChI=1S/C9H4F4N2O/c10-4-1-5-7(16)3-14-15-8(5)6(2-4)9(11,12)13/h1-3H,(H,15,16). The molecule has 84 valence electrons. The summed E-state index contributed by atoms with van der Waals surface area (Å²) in [6.45, 7) is 0. The van der Waals surface area contributed by atoms with E-state index in [1.165, 1.54) is 0 Å². The molecule has 2 aromatic rings. The maximum absolute atomic E-state index is 12.9. The summed E-state index contributed by atoms with van der Waals surface area (Å²) in [5.74, 6) is -1.11. The SMILES string of the molecule is O=c1cn[nH]c2c(C(F)(F)F)cc(F)cc12. The van der Waals surface area contributed by atoms with E-state index in [4.69, 9.17) is 0 Å². The molecule has 0 atom stereocenters. The van der Waals surface area contributed by atoms with Gasteiger partial charge in [0.2, 0.25) is 5.43 Å². The van der Waals surface area contributed by atoms with Crippen LogP contribution in [0.15, 0.2) is 23.1 Å². The smallest absolute Gasteiger partial charge is 0.287 e. The Morgan fingerprint density at radius 3 is 2.56 bits per heavy atom. The van der Waals surface area contributed by atoms with Gasteiger partial charge >= 0.3 is 6.18 Å². The second-order valence-corrected chi connectivity index (χ2v) is 3.11. The van der Waals surface area contributed by atoms with E-state index in [1.54, 1.807) is 0 Å². The third kappa shape index (κ3) is 1.64. The van der Waals surface area contributed by atoms with E-state index >= 15 is 0 Å². The van der Waals surface area contributed by atoms with Crippen LogP contribution in [0.4, 0.5) is 17.6 Å². The number of aromatic nitrogens is 2. The minimum Gasteiger partial charge on any atom is -0.287 e. The lowest BCUT2D eigenvalue weighted by molar-refractivity contribution is -0.136. The molecule has 0 saturated heterocycles. The number of nitrogens with one attached hydrogen (secondary N) is 1. The fraction of sp³-hybridized carbons (Fsp3) is 0.111. The molecule has 7 heteroatoms. The highest BCUT2D eigenvalue weighted by atomic mass is 19.4. The minimum absolute atomic E-state index is 0.319. The Balaban J connectivity index is 2.95. The third-order valence-corrected chi connectivity index (χ3v) is 2.03. The summed E-state index contributed by atoms with van der Waals surface area (Å²) in [4.78, 5) is 11.2. The number of aromatic amines is 1. The van der Waals surface area contributed by atoms with E-state index in [2.05, 4.69) is 10.2 Å². The number of benzene rings is 1. The van der Waals surface area contributed by atoms with Crippen molar-refractivity contribution >= 4 is 10.9 Å². The first-order valence-corrected chi connectivity index (χ1v) is 4.14. The number of rotatable bonds is 0. The average Bonchev–Trinajstić information content (AvgIpc) is 2.17. The van der Waals surface area contributed by atoms with Crippen LogP contribution in [-0.2, 0) is 6.18 Å². The molecule has 0 unspecified atom stereocenters. The molecular formula is C9H4F4N2O. The molecule has 0 saturated carbocycles. The molecule has 0 spiro atoms.